The van der Waals surface area contributed by atoms with Gasteiger partial charge in [0.1, 0.15) is 0 Å². The Kier molecular flexibility index (Phi) is 5.62. The molecule has 0 aliphatic heterocycles. The summed E-state index contributed by atoms with van der Waals surface area (Å²) in [4.78, 5) is 23.4. The SMILES string of the molecule is CC(=O)c1cccc(NC(=S)NC(=O)c2cccc(I)c2)c1. The van der Waals surface area contributed by atoms with E-state index in [0.29, 0.717) is 16.8 Å². The van der Waals surface area contributed by atoms with Gasteiger partial charge in [-0.1, -0.05) is 18.2 Å². The van der Waals surface area contributed by atoms with E-state index in [1.165, 1.54) is 6.92 Å². The lowest BCUT2D eigenvalue weighted by atomic mass is 10.1. The molecule has 0 radical (unpaired) electrons. The van der Waals surface area contributed by atoms with Gasteiger partial charge in [-0.2, -0.15) is 0 Å². The van der Waals surface area contributed by atoms with Gasteiger partial charge in [-0.3, -0.25) is 14.9 Å². The van der Waals surface area contributed by atoms with Crippen molar-refractivity contribution < 1.29 is 9.59 Å². The third-order valence-corrected chi connectivity index (χ3v) is 3.72. The first-order valence-corrected chi connectivity index (χ1v) is 7.93. The smallest absolute Gasteiger partial charge is 0.257 e. The number of amides is 1. The van der Waals surface area contributed by atoms with E-state index < -0.39 is 0 Å². The lowest BCUT2D eigenvalue weighted by molar-refractivity contribution is 0.0975. The molecule has 1 amide bonds. The molecule has 2 N–H and O–H groups in total. The van der Waals surface area contributed by atoms with Crippen LogP contribution in [-0.2, 0) is 0 Å². The van der Waals surface area contributed by atoms with Crippen molar-refractivity contribution in [3.8, 4) is 0 Å². The van der Waals surface area contributed by atoms with Gasteiger partial charge in [-0.15, -0.1) is 0 Å². The number of nitrogens with one attached hydrogen (secondary N) is 2. The fourth-order valence-corrected chi connectivity index (χ4v) is 2.54. The van der Waals surface area contributed by atoms with E-state index in [2.05, 4.69) is 33.2 Å². The van der Waals surface area contributed by atoms with Gasteiger partial charge < -0.3 is 5.32 Å². The number of thiocarbonyl (C=S) groups is 1. The van der Waals surface area contributed by atoms with E-state index >= 15 is 0 Å². The molecule has 0 atom stereocenters. The van der Waals surface area contributed by atoms with E-state index in [1.54, 1.807) is 36.4 Å². The number of rotatable bonds is 3. The molecule has 4 nitrogen and oxygen atoms in total. The number of carbonyl (C=O) groups is 2. The number of halogens is 1. The van der Waals surface area contributed by atoms with E-state index in [9.17, 15) is 9.59 Å². The Morgan fingerprint density at radius 2 is 1.73 bits per heavy atom. The number of ketones is 1. The number of carbonyl (C=O) groups excluding carboxylic acids is 2. The molecule has 0 heterocycles. The predicted octanol–water partition coefficient (Wildman–Crippen LogP) is 3.62. The Morgan fingerprint density at radius 3 is 2.41 bits per heavy atom. The highest BCUT2D eigenvalue weighted by atomic mass is 127. The quantitative estimate of drug-likeness (QED) is 0.449. The normalized spacial score (nSPS) is 9.91. The van der Waals surface area contributed by atoms with Crippen molar-refractivity contribution >= 4 is 57.3 Å². The summed E-state index contributed by atoms with van der Waals surface area (Å²) in [5, 5.41) is 5.70. The Morgan fingerprint density at radius 1 is 1.05 bits per heavy atom. The Balaban J connectivity index is 2.02. The minimum Gasteiger partial charge on any atom is -0.332 e. The second kappa shape index (κ2) is 7.46. The second-order valence-electron chi connectivity index (χ2n) is 4.56. The number of hydrogen-bond donors (Lipinski definition) is 2. The van der Waals surface area contributed by atoms with Gasteiger partial charge >= 0.3 is 0 Å². The lowest BCUT2D eigenvalue weighted by Crippen LogP contribution is -2.34. The summed E-state index contributed by atoms with van der Waals surface area (Å²) in [5.41, 5.74) is 1.77. The maximum absolute atomic E-state index is 12.1. The second-order valence-corrected chi connectivity index (χ2v) is 6.21. The van der Waals surface area contributed by atoms with Crippen molar-refractivity contribution in [1.29, 1.82) is 0 Å². The predicted molar refractivity (Wildman–Crippen MR) is 99.3 cm³/mol. The molecule has 0 aliphatic carbocycles. The molecule has 2 aromatic rings. The van der Waals surface area contributed by atoms with Crippen LogP contribution in [0.2, 0.25) is 0 Å². The maximum atomic E-state index is 12.1. The third kappa shape index (κ3) is 4.60. The molecule has 6 heteroatoms. The average molecular weight is 424 g/mol. The summed E-state index contributed by atoms with van der Waals surface area (Å²) in [7, 11) is 0. The third-order valence-electron chi connectivity index (χ3n) is 2.84. The van der Waals surface area contributed by atoms with Crippen LogP contribution < -0.4 is 10.6 Å². The van der Waals surface area contributed by atoms with Crippen molar-refractivity contribution in [2.45, 2.75) is 6.92 Å². The van der Waals surface area contributed by atoms with E-state index in [0.717, 1.165) is 3.57 Å². The van der Waals surface area contributed by atoms with Crippen LogP contribution in [0.5, 0.6) is 0 Å². The zero-order chi connectivity index (χ0) is 16.1. The molecule has 0 aliphatic rings. The Bertz CT molecular complexity index is 746. The van der Waals surface area contributed by atoms with Crippen molar-refractivity contribution in [3.05, 3.63) is 63.2 Å². The van der Waals surface area contributed by atoms with Crippen LogP contribution in [-0.4, -0.2) is 16.8 Å². The molecule has 22 heavy (non-hydrogen) atoms. The van der Waals surface area contributed by atoms with Crippen molar-refractivity contribution in [2.75, 3.05) is 5.32 Å². The molecule has 0 aromatic heterocycles. The summed E-state index contributed by atoms with van der Waals surface area (Å²) < 4.78 is 0.971. The summed E-state index contributed by atoms with van der Waals surface area (Å²) in [6, 6.07) is 14.1. The van der Waals surface area contributed by atoms with Crippen molar-refractivity contribution in [3.63, 3.8) is 0 Å². The van der Waals surface area contributed by atoms with Gasteiger partial charge in [0.15, 0.2) is 10.9 Å². The van der Waals surface area contributed by atoms with Gasteiger partial charge in [0.05, 0.1) is 0 Å². The fraction of sp³-hybridized carbons (Fsp3) is 0.0625. The lowest BCUT2D eigenvalue weighted by Gasteiger charge is -2.10. The zero-order valence-electron chi connectivity index (χ0n) is 11.7. The van der Waals surface area contributed by atoms with Crippen LogP contribution in [0.3, 0.4) is 0 Å². The van der Waals surface area contributed by atoms with Crippen LogP contribution in [0.25, 0.3) is 0 Å². The van der Waals surface area contributed by atoms with Crippen LogP contribution in [0, 0.1) is 3.57 Å². The molecule has 0 saturated heterocycles. The highest BCUT2D eigenvalue weighted by Crippen LogP contribution is 2.11. The first kappa shape index (κ1) is 16.6. The topological polar surface area (TPSA) is 58.2 Å². The monoisotopic (exact) mass is 424 g/mol. The molecule has 2 rings (SSSR count). The molecule has 0 saturated carbocycles. The van der Waals surface area contributed by atoms with Gasteiger partial charge in [0.2, 0.25) is 0 Å². The molecule has 0 bridgehead atoms. The van der Waals surface area contributed by atoms with E-state index in [4.69, 9.17) is 12.2 Å². The number of Topliss-reactive ketones (excluding diaryl/α,β-unsaturated/α-hetero) is 1. The summed E-state index contributed by atoms with van der Waals surface area (Å²) in [6.07, 6.45) is 0. The van der Waals surface area contributed by atoms with Crippen LogP contribution in [0.1, 0.15) is 27.6 Å². The van der Waals surface area contributed by atoms with E-state index in [-0.39, 0.29) is 16.8 Å². The molecular weight excluding hydrogens is 411 g/mol. The zero-order valence-corrected chi connectivity index (χ0v) is 14.7. The first-order chi connectivity index (χ1) is 10.5. The highest BCUT2D eigenvalue weighted by molar-refractivity contribution is 14.1. The largest absolute Gasteiger partial charge is 0.332 e. The summed E-state index contributed by atoms with van der Waals surface area (Å²) in [5.74, 6) is -0.309. The standard InChI is InChI=1S/C16H13IN2O2S/c1-10(20)11-4-3-7-14(9-11)18-16(22)19-15(21)12-5-2-6-13(17)8-12/h2-9H,1H3,(H2,18,19,21,22). The number of hydrogen-bond acceptors (Lipinski definition) is 3. The number of anilines is 1. The molecule has 0 spiro atoms. The maximum Gasteiger partial charge on any atom is 0.257 e. The Labute approximate surface area is 147 Å². The molecular formula is C16H13IN2O2S. The van der Waals surface area contributed by atoms with Gasteiger partial charge in [0, 0.05) is 20.4 Å². The minimum atomic E-state index is -0.279. The van der Waals surface area contributed by atoms with Crippen LogP contribution >= 0.6 is 34.8 Å². The molecule has 2 aromatic carbocycles. The van der Waals surface area contributed by atoms with Crippen molar-refractivity contribution in [2.24, 2.45) is 0 Å². The highest BCUT2D eigenvalue weighted by Gasteiger charge is 2.08. The van der Waals surface area contributed by atoms with Crippen molar-refractivity contribution in [1.82, 2.24) is 5.32 Å². The van der Waals surface area contributed by atoms with Crippen LogP contribution in [0.15, 0.2) is 48.5 Å². The van der Waals surface area contributed by atoms with Crippen LogP contribution in [0.4, 0.5) is 5.69 Å². The average Bonchev–Trinajstić information content (AvgIpc) is 2.47. The minimum absolute atomic E-state index is 0.0301. The summed E-state index contributed by atoms with van der Waals surface area (Å²) >= 11 is 7.26. The van der Waals surface area contributed by atoms with E-state index in [1.807, 2.05) is 12.1 Å². The van der Waals surface area contributed by atoms with Gasteiger partial charge in [-0.25, -0.2) is 0 Å². The number of benzene rings is 2. The Hall–Kier alpha value is -1.80. The van der Waals surface area contributed by atoms with Gasteiger partial charge in [0.25, 0.3) is 5.91 Å². The first-order valence-electron chi connectivity index (χ1n) is 6.44. The van der Waals surface area contributed by atoms with Gasteiger partial charge in [-0.05, 0) is 72.1 Å². The summed E-state index contributed by atoms with van der Waals surface area (Å²) in [6.45, 7) is 1.50. The fourth-order valence-electron chi connectivity index (χ4n) is 1.78. The molecule has 0 unspecified atom stereocenters. The molecule has 112 valence electrons. The molecule has 0 fully saturated rings.